The first kappa shape index (κ1) is 20.9. The highest BCUT2D eigenvalue weighted by Gasteiger charge is 2.16. The molecule has 0 radical (unpaired) electrons. The fourth-order valence-corrected chi connectivity index (χ4v) is 4.27. The molecule has 0 spiro atoms. The van der Waals surface area contributed by atoms with Gasteiger partial charge in [0, 0.05) is 16.8 Å². The Hall–Kier alpha value is -3.38. The van der Waals surface area contributed by atoms with Crippen LogP contribution in [-0.4, -0.2) is 13.4 Å². The van der Waals surface area contributed by atoms with E-state index < -0.39 is 10.0 Å². The minimum atomic E-state index is -3.70. The van der Waals surface area contributed by atoms with Crippen LogP contribution in [0.1, 0.15) is 30.9 Å². The van der Waals surface area contributed by atoms with Crippen molar-refractivity contribution in [3.63, 3.8) is 0 Å². The summed E-state index contributed by atoms with van der Waals surface area (Å²) >= 11 is 0. The Morgan fingerprint density at radius 3 is 2.29 bits per heavy atom. The topological polar surface area (TPSA) is 72.2 Å². The highest BCUT2D eigenvalue weighted by molar-refractivity contribution is 7.92. The third kappa shape index (κ3) is 4.70. The fourth-order valence-electron chi connectivity index (χ4n) is 3.22. The molecule has 5 nitrogen and oxygen atoms in total. The van der Waals surface area contributed by atoms with Gasteiger partial charge in [0.25, 0.3) is 10.0 Å². The summed E-state index contributed by atoms with van der Waals surface area (Å²) in [5, 5.41) is 0. The molecule has 6 heteroatoms. The predicted octanol–water partition coefficient (Wildman–Crippen LogP) is 6.24. The lowest BCUT2D eigenvalue weighted by atomic mass is 10.0. The molecule has 0 bridgehead atoms. The molecule has 3 aromatic carbocycles. The molecule has 0 atom stereocenters. The van der Waals surface area contributed by atoms with Crippen molar-refractivity contribution in [3.05, 3.63) is 90.2 Å². The number of anilines is 1. The maximum Gasteiger partial charge on any atom is 0.261 e. The number of aryl methyl sites for hydroxylation is 1. The third-order valence-corrected chi connectivity index (χ3v) is 6.47. The van der Waals surface area contributed by atoms with Gasteiger partial charge in [-0.05, 0) is 48.7 Å². The van der Waals surface area contributed by atoms with E-state index in [4.69, 9.17) is 4.42 Å². The average molecular weight is 433 g/mol. The molecule has 158 valence electrons. The summed E-state index contributed by atoms with van der Waals surface area (Å²) < 4.78 is 33.9. The number of sulfonamides is 1. The van der Waals surface area contributed by atoms with Crippen LogP contribution in [0.4, 0.5) is 5.69 Å². The second-order valence-corrected chi connectivity index (χ2v) is 9.50. The molecular formula is C25H24N2O3S. The molecule has 0 aliphatic rings. The second-order valence-electron chi connectivity index (χ2n) is 7.81. The average Bonchev–Trinajstić information content (AvgIpc) is 3.24. The Morgan fingerprint density at radius 2 is 1.61 bits per heavy atom. The quantitative estimate of drug-likeness (QED) is 0.391. The van der Waals surface area contributed by atoms with E-state index in [1.807, 2.05) is 49.4 Å². The standard InChI is InChI=1S/C25H24N2O3S/c1-17(2)19-11-13-23(14-12-19)31(28,29)27-22-6-4-5-21(15-22)25-26-24(16-30-25)20-9-7-18(3)8-10-20/h4-17,27H,1-3H3. The minimum absolute atomic E-state index is 0.222. The first-order chi connectivity index (χ1) is 14.8. The Balaban J connectivity index is 1.56. The summed E-state index contributed by atoms with van der Waals surface area (Å²) in [4.78, 5) is 4.78. The number of rotatable bonds is 6. The second kappa shape index (κ2) is 8.40. The SMILES string of the molecule is Cc1ccc(-c2coc(-c3cccc(NS(=O)(=O)c4ccc(C(C)C)cc4)c3)n2)cc1. The Bertz CT molecular complexity index is 1290. The lowest BCUT2D eigenvalue weighted by Crippen LogP contribution is -2.13. The van der Waals surface area contributed by atoms with Crippen LogP contribution in [0.15, 0.2) is 88.4 Å². The van der Waals surface area contributed by atoms with Crippen LogP contribution in [-0.2, 0) is 10.0 Å². The molecule has 1 aromatic heterocycles. The normalized spacial score (nSPS) is 11.6. The summed E-state index contributed by atoms with van der Waals surface area (Å²) in [5.74, 6) is 0.768. The molecule has 0 aliphatic heterocycles. The van der Waals surface area contributed by atoms with Gasteiger partial charge in [0.1, 0.15) is 12.0 Å². The van der Waals surface area contributed by atoms with Crippen molar-refractivity contribution in [1.29, 1.82) is 0 Å². The number of hydrogen-bond donors (Lipinski definition) is 1. The van der Waals surface area contributed by atoms with E-state index in [1.54, 1.807) is 36.6 Å². The number of nitrogens with one attached hydrogen (secondary N) is 1. The van der Waals surface area contributed by atoms with E-state index in [1.165, 1.54) is 5.56 Å². The molecular weight excluding hydrogens is 408 g/mol. The van der Waals surface area contributed by atoms with Crippen LogP contribution in [0, 0.1) is 6.92 Å². The van der Waals surface area contributed by atoms with E-state index >= 15 is 0 Å². The monoisotopic (exact) mass is 432 g/mol. The van der Waals surface area contributed by atoms with E-state index in [-0.39, 0.29) is 4.90 Å². The van der Waals surface area contributed by atoms with Gasteiger partial charge in [-0.3, -0.25) is 4.72 Å². The summed E-state index contributed by atoms with van der Waals surface area (Å²) in [7, 11) is -3.70. The van der Waals surface area contributed by atoms with Gasteiger partial charge in [-0.1, -0.05) is 61.9 Å². The summed E-state index contributed by atoms with van der Waals surface area (Å²) in [6, 6.07) is 22.0. The van der Waals surface area contributed by atoms with Crippen LogP contribution in [0.3, 0.4) is 0 Å². The van der Waals surface area contributed by atoms with Gasteiger partial charge >= 0.3 is 0 Å². The van der Waals surface area contributed by atoms with Crippen molar-refractivity contribution in [1.82, 2.24) is 4.98 Å². The summed E-state index contributed by atoms with van der Waals surface area (Å²) in [5.41, 5.74) is 5.09. The molecule has 0 unspecified atom stereocenters. The largest absolute Gasteiger partial charge is 0.444 e. The van der Waals surface area contributed by atoms with Crippen molar-refractivity contribution in [2.75, 3.05) is 4.72 Å². The van der Waals surface area contributed by atoms with Gasteiger partial charge in [-0.25, -0.2) is 13.4 Å². The molecule has 0 fully saturated rings. The predicted molar refractivity (Wildman–Crippen MR) is 123 cm³/mol. The maximum absolute atomic E-state index is 12.8. The maximum atomic E-state index is 12.8. The molecule has 4 rings (SSSR count). The van der Waals surface area contributed by atoms with Gasteiger partial charge in [0.15, 0.2) is 0 Å². The molecule has 1 heterocycles. The minimum Gasteiger partial charge on any atom is -0.444 e. The number of benzene rings is 3. The van der Waals surface area contributed by atoms with E-state index in [2.05, 4.69) is 23.6 Å². The van der Waals surface area contributed by atoms with E-state index in [9.17, 15) is 8.42 Å². The highest BCUT2D eigenvalue weighted by Crippen LogP contribution is 2.27. The van der Waals surface area contributed by atoms with Gasteiger partial charge in [0.05, 0.1) is 4.90 Å². The van der Waals surface area contributed by atoms with Gasteiger partial charge in [-0.2, -0.15) is 0 Å². The van der Waals surface area contributed by atoms with Crippen molar-refractivity contribution < 1.29 is 12.8 Å². The van der Waals surface area contributed by atoms with Crippen LogP contribution in [0.25, 0.3) is 22.7 Å². The van der Waals surface area contributed by atoms with Crippen molar-refractivity contribution in [2.24, 2.45) is 0 Å². The lowest BCUT2D eigenvalue weighted by Gasteiger charge is -2.10. The Labute approximate surface area is 182 Å². The summed E-state index contributed by atoms with van der Waals surface area (Å²) in [6.45, 7) is 6.17. The highest BCUT2D eigenvalue weighted by atomic mass is 32.2. The Morgan fingerprint density at radius 1 is 0.903 bits per heavy atom. The van der Waals surface area contributed by atoms with Gasteiger partial charge < -0.3 is 4.42 Å². The molecule has 0 aliphatic carbocycles. The van der Waals surface area contributed by atoms with Gasteiger partial charge in [0.2, 0.25) is 5.89 Å². The van der Waals surface area contributed by atoms with Crippen LogP contribution < -0.4 is 4.72 Å². The first-order valence-electron chi connectivity index (χ1n) is 10.1. The van der Waals surface area contributed by atoms with E-state index in [0.29, 0.717) is 23.1 Å². The van der Waals surface area contributed by atoms with Crippen molar-refractivity contribution >= 4 is 15.7 Å². The smallest absolute Gasteiger partial charge is 0.261 e. The van der Waals surface area contributed by atoms with Crippen LogP contribution in [0.5, 0.6) is 0 Å². The number of oxazole rings is 1. The Kier molecular flexibility index (Phi) is 5.65. The zero-order valence-electron chi connectivity index (χ0n) is 17.7. The van der Waals surface area contributed by atoms with Crippen molar-refractivity contribution in [2.45, 2.75) is 31.6 Å². The lowest BCUT2D eigenvalue weighted by molar-refractivity contribution is 0.575. The number of nitrogens with zero attached hydrogens (tertiary/aromatic N) is 1. The fraction of sp³-hybridized carbons (Fsp3) is 0.160. The molecule has 0 amide bonds. The van der Waals surface area contributed by atoms with Crippen LogP contribution >= 0.6 is 0 Å². The number of hydrogen-bond acceptors (Lipinski definition) is 4. The van der Waals surface area contributed by atoms with Crippen molar-refractivity contribution in [3.8, 4) is 22.7 Å². The number of aromatic nitrogens is 1. The van der Waals surface area contributed by atoms with Crippen LogP contribution in [0.2, 0.25) is 0 Å². The first-order valence-corrected chi connectivity index (χ1v) is 11.6. The zero-order valence-corrected chi connectivity index (χ0v) is 18.5. The third-order valence-electron chi connectivity index (χ3n) is 5.07. The van der Waals surface area contributed by atoms with E-state index in [0.717, 1.165) is 16.8 Å². The molecule has 1 N–H and O–H groups in total. The van der Waals surface area contributed by atoms with Gasteiger partial charge in [-0.15, -0.1) is 0 Å². The molecule has 31 heavy (non-hydrogen) atoms. The summed E-state index contributed by atoms with van der Waals surface area (Å²) in [6.07, 6.45) is 1.60. The molecule has 4 aromatic rings. The molecule has 0 saturated carbocycles. The molecule has 0 saturated heterocycles. The zero-order chi connectivity index (χ0) is 22.0.